The predicted molar refractivity (Wildman–Crippen MR) is 69.2 cm³/mol. The number of rotatable bonds is 4. The van der Waals surface area contributed by atoms with Gasteiger partial charge >= 0.3 is 0 Å². The first kappa shape index (κ1) is 11.8. The highest BCUT2D eigenvalue weighted by Crippen LogP contribution is 2.39. The van der Waals surface area contributed by atoms with Crippen LogP contribution in [0, 0.1) is 11.8 Å². The van der Waals surface area contributed by atoms with Crippen LogP contribution in [0.4, 0.5) is 0 Å². The van der Waals surface area contributed by atoms with Crippen molar-refractivity contribution in [2.24, 2.45) is 17.6 Å². The molecule has 0 aromatic rings. The Morgan fingerprint density at radius 1 is 1.62 bits per heavy atom. The van der Waals surface area contributed by atoms with Crippen LogP contribution in [-0.4, -0.2) is 16.0 Å². The first-order valence-corrected chi connectivity index (χ1v) is 7.18. The number of hydrogen-bond acceptors (Lipinski definition) is 2. The Morgan fingerprint density at radius 2 is 2.31 bits per heavy atom. The van der Waals surface area contributed by atoms with E-state index in [2.05, 4.69) is 12.7 Å². The van der Waals surface area contributed by atoms with Crippen LogP contribution in [0.3, 0.4) is 0 Å². The van der Waals surface area contributed by atoms with Crippen molar-refractivity contribution in [2.75, 3.05) is 5.75 Å². The minimum atomic E-state index is -0.919. The summed E-state index contributed by atoms with van der Waals surface area (Å²) in [6.07, 6.45) is 8.45. The molecule has 0 heterocycles. The van der Waals surface area contributed by atoms with Crippen molar-refractivity contribution < 1.29 is 4.21 Å². The molecule has 2 aliphatic rings. The van der Waals surface area contributed by atoms with E-state index in [0.29, 0.717) is 11.7 Å². The first-order chi connectivity index (χ1) is 7.65. The summed E-state index contributed by atoms with van der Waals surface area (Å²) in [4.78, 5) is 0.881. The van der Waals surface area contributed by atoms with Crippen molar-refractivity contribution in [3.63, 3.8) is 0 Å². The third-order valence-corrected chi connectivity index (χ3v) is 4.79. The van der Waals surface area contributed by atoms with Crippen LogP contribution in [0.25, 0.3) is 0 Å². The Morgan fingerprint density at radius 3 is 2.88 bits per heavy atom. The molecule has 0 amide bonds. The van der Waals surface area contributed by atoms with Crippen LogP contribution in [0.15, 0.2) is 35.3 Å². The fourth-order valence-corrected chi connectivity index (χ4v) is 3.13. The summed E-state index contributed by atoms with van der Waals surface area (Å²) in [7, 11) is -0.919. The SMILES string of the molecule is C=C1C(S(=O)CC)=CC=CC1C(N)C1CC1. The summed E-state index contributed by atoms with van der Waals surface area (Å²) in [5, 5.41) is 0. The molecule has 16 heavy (non-hydrogen) atoms. The maximum absolute atomic E-state index is 11.8. The topological polar surface area (TPSA) is 43.1 Å². The Hall–Kier alpha value is -0.670. The van der Waals surface area contributed by atoms with E-state index in [4.69, 9.17) is 5.73 Å². The zero-order valence-corrected chi connectivity index (χ0v) is 10.5. The van der Waals surface area contributed by atoms with Crippen molar-refractivity contribution in [1.29, 1.82) is 0 Å². The average Bonchev–Trinajstić information content (AvgIpc) is 3.11. The van der Waals surface area contributed by atoms with Crippen LogP contribution in [-0.2, 0) is 10.8 Å². The highest BCUT2D eigenvalue weighted by atomic mass is 32.2. The summed E-state index contributed by atoms with van der Waals surface area (Å²) in [5.41, 5.74) is 7.17. The van der Waals surface area contributed by atoms with E-state index in [0.717, 1.165) is 10.5 Å². The predicted octanol–water partition coefficient (Wildman–Crippen LogP) is 2.12. The van der Waals surface area contributed by atoms with E-state index in [9.17, 15) is 4.21 Å². The van der Waals surface area contributed by atoms with E-state index in [1.54, 1.807) is 0 Å². The lowest BCUT2D eigenvalue weighted by atomic mass is 9.87. The summed E-state index contributed by atoms with van der Waals surface area (Å²) in [6.45, 7) is 6.01. The molecule has 0 aromatic carbocycles. The van der Waals surface area contributed by atoms with Gasteiger partial charge in [0.15, 0.2) is 0 Å². The van der Waals surface area contributed by atoms with Crippen molar-refractivity contribution in [3.8, 4) is 0 Å². The lowest BCUT2D eigenvalue weighted by Gasteiger charge is -2.26. The molecular weight excluding hydrogens is 218 g/mol. The molecule has 3 atom stereocenters. The van der Waals surface area contributed by atoms with Gasteiger partial charge in [-0.3, -0.25) is 4.21 Å². The lowest BCUT2D eigenvalue weighted by molar-refractivity contribution is 0.507. The molecule has 2 aliphatic carbocycles. The summed E-state index contributed by atoms with van der Waals surface area (Å²) in [5.74, 6) is 1.47. The third kappa shape index (κ3) is 2.20. The van der Waals surface area contributed by atoms with Crippen molar-refractivity contribution >= 4 is 10.8 Å². The molecule has 3 heteroatoms. The molecule has 0 radical (unpaired) electrons. The largest absolute Gasteiger partial charge is 0.327 e. The molecule has 0 saturated heterocycles. The van der Waals surface area contributed by atoms with Crippen molar-refractivity contribution in [1.82, 2.24) is 0 Å². The van der Waals surface area contributed by atoms with Gasteiger partial charge < -0.3 is 5.73 Å². The van der Waals surface area contributed by atoms with Gasteiger partial charge in [0.05, 0.1) is 10.8 Å². The smallest absolute Gasteiger partial charge is 0.0529 e. The van der Waals surface area contributed by atoms with E-state index in [1.165, 1.54) is 12.8 Å². The molecule has 0 aromatic heterocycles. The van der Waals surface area contributed by atoms with E-state index < -0.39 is 10.8 Å². The second-order valence-electron chi connectivity index (χ2n) is 4.52. The molecule has 0 bridgehead atoms. The number of nitrogens with two attached hydrogens (primary N) is 1. The van der Waals surface area contributed by atoms with Gasteiger partial charge in [-0.1, -0.05) is 25.7 Å². The number of hydrogen-bond donors (Lipinski definition) is 1. The molecule has 2 rings (SSSR count). The molecule has 88 valence electrons. The Bertz CT molecular complexity index is 379. The average molecular weight is 237 g/mol. The van der Waals surface area contributed by atoms with Gasteiger partial charge in [-0.25, -0.2) is 0 Å². The number of allylic oxidation sites excluding steroid dienone is 3. The molecule has 2 N–H and O–H groups in total. The highest BCUT2D eigenvalue weighted by Gasteiger charge is 2.35. The molecule has 2 nitrogen and oxygen atoms in total. The minimum Gasteiger partial charge on any atom is -0.327 e. The van der Waals surface area contributed by atoms with Crippen molar-refractivity contribution in [2.45, 2.75) is 25.8 Å². The Balaban J connectivity index is 2.14. The zero-order valence-electron chi connectivity index (χ0n) is 9.69. The van der Waals surface area contributed by atoms with E-state index >= 15 is 0 Å². The van der Waals surface area contributed by atoms with Gasteiger partial charge in [-0.15, -0.1) is 0 Å². The Kier molecular flexibility index (Phi) is 3.45. The second kappa shape index (κ2) is 4.68. The molecule has 1 fully saturated rings. The quantitative estimate of drug-likeness (QED) is 0.814. The van der Waals surface area contributed by atoms with Gasteiger partial charge in [0.2, 0.25) is 0 Å². The highest BCUT2D eigenvalue weighted by molar-refractivity contribution is 7.89. The van der Waals surface area contributed by atoms with Gasteiger partial charge in [0.1, 0.15) is 0 Å². The van der Waals surface area contributed by atoms with E-state index in [-0.39, 0.29) is 12.0 Å². The van der Waals surface area contributed by atoms with Crippen LogP contribution in [0.2, 0.25) is 0 Å². The molecule has 0 spiro atoms. The third-order valence-electron chi connectivity index (χ3n) is 3.37. The first-order valence-electron chi connectivity index (χ1n) is 5.86. The molecule has 1 saturated carbocycles. The maximum Gasteiger partial charge on any atom is 0.0529 e. The van der Waals surface area contributed by atoms with Gasteiger partial charge in [0.25, 0.3) is 0 Å². The fourth-order valence-electron chi connectivity index (χ4n) is 2.16. The summed E-state index contributed by atoms with van der Waals surface area (Å²) in [6, 6.07) is 0.154. The minimum absolute atomic E-state index is 0.154. The molecule has 0 aliphatic heterocycles. The normalized spacial score (nSPS) is 28.8. The summed E-state index contributed by atoms with van der Waals surface area (Å²) >= 11 is 0. The van der Waals surface area contributed by atoms with Crippen LogP contribution in [0.5, 0.6) is 0 Å². The van der Waals surface area contributed by atoms with Gasteiger partial charge in [0, 0.05) is 22.6 Å². The van der Waals surface area contributed by atoms with Crippen LogP contribution in [0.1, 0.15) is 19.8 Å². The van der Waals surface area contributed by atoms with Crippen molar-refractivity contribution in [3.05, 3.63) is 35.3 Å². The summed E-state index contributed by atoms with van der Waals surface area (Å²) < 4.78 is 11.8. The van der Waals surface area contributed by atoms with Gasteiger partial charge in [-0.2, -0.15) is 0 Å². The maximum atomic E-state index is 11.8. The molecular formula is C13H19NOS. The van der Waals surface area contributed by atoms with Crippen LogP contribution < -0.4 is 5.73 Å². The Labute approximate surface area is 99.8 Å². The second-order valence-corrected chi connectivity index (χ2v) is 6.22. The van der Waals surface area contributed by atoms with E-state index in [1.807, 2.05) is 19.1 Å². The monoisotopic (exact) mass is 237 g/mol. The zero-order chi connectivity index (χ0) is 11.7. The molecule has 3 unspecified atom stereocenters. The van der Waals surface area contributed by atoms with Gasteiger partial charge in [-0.05, 0) is 30.4 Å². The standard InChI is InChI=1S/C13H19NOS/c1-3-16(15)12-6-4-5-11(9(12)2)13(14)10-7-8-10/h4-6,10-11,13H,2-3,7-8,14H2,1H3. The fraction of sp³-hybridized carbons (Fsp3) is 0.538. The van der Waals surface area contributed by atoms with Crippen LogP contribution >= 0.6 is 0 Å². The lowest BCUT2D eigenvalue weighted by Crippen LogP contribution is -2.33.